The zero-order chi connectivity index (χ0) is 10.0. The molecule has 1 N–H and O–H groups in total. The molecule has 2 aliphatic heterocycles. The SMILES string of the molecule is CC1(C(=O)N2CCCCC2)CCCN1. The van der Waals surface area contributed by atoms with Crippen molar-refractivity contribution in [3.8, 4) is 0 Å². The van der Waals surface area contributed by atoms with Crippen LogP contribution in [-0.2, 0) is 4.79 Å². The molecule has 1 atom stereocenters. The van der Waals surface area contributed by atoms with Crippen molar-refractivity contribution in [3.63, 3.8) is 0 Å². The van der Waals surface area contributed by atoms with Crippen LogP contribution in [0.15, 0.2) is 0 Å². The van der Waals surface area contributed by atoms with E-state index in [2.05, 4.69) is 12.2 Å². The number of piperidine rings is 1. The number of carbonyl (C=O) groups excluding carboxylic acids is 1. The summed E-state index contributed by atoms with van der Waals surface area (Å²) < 4.78 is 0. The fourth-order valence-corrected chi connectivity index (χ4v) is 2.52. The van der Waals surface area contributed by atoms with E-state index in [4.69, 9.17) is 0 Å². The topological polar surface area (TPSA) is 32.3 Å². The fourth-order valence-electron chi connectivity index (χ4n) is 2.52. The van der Waals surface area contributed by atoms with Crippen molar-refractivity contribution in [1.82, 2.24) is 10.2 Å². The summed E-state index contributed by atoms with van der Waals surface area (Å²) in [7, 11) is 0. The molecule has 2 heterocycles. The van der Waals surface area contributed by atoms with Crippen molar-refractivity contribution >= 4 is 5.91 Å². The Balaban J connectivity index is 1.98. The Hall–Kier alpha value is -0.570. The van der Waals surface area contributed by atoms with Crippen molar-refractivity contribution in [2.45, 2.75) is 44.6 Å². The molecular formula is C11H20N2O. The number of rotatable bonds is 1. The molecule has 0 spiro atoms. The summed E-state index contributed by atoms with van der Waals surface area (Å²) in [6.07, 6.45) is 5.79. The summed E-state index contributed by atoms with van der Waals surface area (Å²) in [5, 5.41) is 3.34. The van der Waals surface area contributed by atoms with E-state index in [9.17, 15) is 4.79 Å². The number of carbonyl (C=O) groups is 1. The lowest BCUT2D eigenvalue weighted by Crippen LogP contribution is -2.54. The van der Waals surface area contributed by atoms with Crippen molar-refractivity contribution in [1.29, 1.82) is 0 Å². The van der Waals surface area contributed by atoms with Crippen molar-refractivity contribution in [2.75, 3.05) is 19.6 Å². The average Bonchev–Trinajstić information content (AvgIpc) is 2.67. The van der Waals surface area contributed by atoms with E-state index in [1.54, 1.807) is 0 Å². The van der Waals surface area contributed by atoms with Gasteiger partial charge in [-0.25, -0.2) is 0 Å². The highest BCUT2D eigenvalue weighted by molar-refractivity contribution is 5.86. The van der Waals surface area contributed by atoms with Crippen molar-refractivity contribution in [3.05, 3.63) is 0 Å². The Morgan fingerprint density at radius 3 is 2.50 bits per heavy atom. The van der Waals surface area contributed by atoms with Gasteiger partial charge in [0.15, 0.2) is 0 Å². The Kier molecular flexibility index (Phi) is 2.77. The first kappa shape index (κ1) is 9.97. The van der Waals surface area contributed by atoms with Gasteiger partial charge in [-0.2, -0.15) is 0 Å². The normalized spacial score (nSPS) is 33.4. The van der Waals surface area contributed by atoms with E-state index >= 15 is 0 Å². The molecule has 2 rings (SSSR count). The van der Waals surface area contributed by atoms with Gasteiger partial charge in [-0.3, -0.25) is 4.79 Å². The molecule has 1 unspecified atom stereocenters. The number of hydrogen-bond donors (Lipinski definition) is 1. The Labute approximate surface area is 85.8 Å². The summed E-state index contributed by atoms with van der Waals surface area (Å²) in [6, 6.07) is 0. The highest BCUT2D eigenvalue weighted by Gasteiger charge is 2.38. The minimum atomic E-state index is -0.253. The van der Waals surface area contributed by atoms with Gasteiger partial charge in [-0.1, -0.05) is 0 Å². The van der Waals surface area contributed by atoms with Gasteiger partial charge in [-0.15, -0.1) is 0 Å². The Bertz CT molecular complexity index is 215. The quantitative estimate of drug-likeness (QED) is 0.682. The van der Waals surface area contributed by atoms with Crippen LogP contribution in [0.25, 0.3) is 0 Å². The summed E-state index contributed by atoms with van der Waals surface area (Å²) >= 11 is 0. The van der Waals surface area contributed by atoms with Gasteiger partial charge in [0.1, 0.15) is 0 Å². The summed E-state index contributed by atoms with van der Waals surface area (Å²) in [6.45, 7) is 4.99. The standard InChI is InChI=1S/C11H20N2O/c1-11(6-5-7-12-11)10(14)13-8-3-2-4-9-13/h12H,2-9H2,1H3. The van der Waals surface area contributed by atoms with Crippen LogP contribution < -0.4 is 5.32 Å². The van der Waals surface area contributed by atoms with E-state index in [-0.39, 0.29) is 5.54 Å². The molecule has 0 aliphatic carbocycles. The molecule has 3 heteroatoms. The van der Waals surface area contributed by atoms with E-state index in [0.717, 1.165) is 32.5 Å². The van der Waals surface area contributed by atoms with Crippen LogP contribution >= 0.6 is 0 Å². The molecular weight excluding hydrogens is 176 g/mol. The number of likely N-dealkylation sites (tertiary alicyclic amines) is 1. The molecule has 0 aromatic heterocycles. The van der Waals surface area contributed by atoms with Crippen LogP contribution in [0.2, 0.25) is 0 Å². The average molecular weight is 196 g/mol. The number of nitrogens with one attached hydrogen (secondary N) is 1. The zero-order valence-electron chi connectivity index (χ0n) is 9.01. The van der Waals surface area contributed by atoms with Crippen LogP contribution in [-0.4, -0.2) is 36.0 Å². The molecule has 80 valence electrons. The second-order valence-corrected chi connectivity index (χ2v) is 4.72. The van der Waals surface area contributed by atoms with E-state index in [1.165, 1.54) is 19.3 Å². The molecule has 0 aromatic carbocycles. The van der Waals surface area contributed by atoms with E-state index in [0.29, 0.717) is 5.91 Å². The lowest BCUT2D eigenvalue weighted by atomic mass is 9.97. The monoisotopic (exact) mass is 196 g/mol. The molecule has 14 heavy (non-hydrogen) atoms. The van der Waals surface area contributed by atoms with Crippen LogP contribution in [0.5, 0.6) is 0 Å². The smallest absolute Gasteiger partial charge is 0.242 e. The minimum absolute atomic E-state index is 0.253. The van der Waals surface area contributed by atoms with Crippen molar-refractivity contribution < 1.29 is 4.79 Å². The highest BCUT2D eigenvalue weighted by atomic mass is 16.2. The van der Waals surface area contributed by atoms with Crippen molar-refractivity contribution in [2.24, 2.45) is 0 Å². The molecule has 0 bridgehead atoms. The number of nitrogens with zero attached hydrogens (tertiary/aromatic N) is 1. The zero-order valence-corrected chi connectivity index (χ0v) is 9.01. The number of amides is 1. The lowest BCUT2D eigenvalue weighted by molar-refractivity contribution is -0.138. The predicted octanol–water partition coefficient (Wildman–Crippen LogP) is 1.14. The van der Waals surface area contributed by atoms with E-state index < -0.39 is 0 Å². The molecule has 2 aliphatic rings. The second kappa shape index (κ2) is 3.89. The highest BCUT2D eigenvalue weighted by Crippen LogP contribution is 2.23. The van der Waals surface area contributed by atoms with Gasteiger partial charge in [0, 0.05) is 13.1 Å². The van der Waals surface area contributed by atoms with E-state index in [1.807, 2.05) is 4.90 Å². The Morgan fingerprint density at radius 2 is 1.93 bits per heavy atom. The summed E-state index contributed by atoms with van der Waals surface area (Å²) in [5.74, 6) is 0.328. The third-order valence-corrected chi connectivity index (χ3v) is 3.48. The number of hydrogen-bond acceptors (Lipinski definition) is 2. The van der Waals surface area contributed by atoms with Gasteiger partial charge >= 0.3 is 0 Å². The summed E-state index contributed by atoms with van der Waals surface area (Å²) in [4.78, 5) is 14.2. The van der Waals surface area contributed by atoms with Crippen LogP contribution in [0.1, 0.15) is 39.0 Å². The van der Waals surface area contributed by atoms with Gasteiger partial charge < -0.3 is 10.2 Å². The van der Waals surface area contributed by atoms with Crippen LogP contribution in [0.4, 0.5) is 0 Å². The molecule has 2 saturated heterocycles. The summed E-state index contributed by atoms with van der Waals surface area (Å²) in [5.41, 5.74) is -0.253. The van der Waals surface area contributed by atoms with Crippen LogP contribution in [0, 0.1) is 0 Å². The first-order valence-corrected chi connectivity index (χ1v) is 5.77. The molecule has 0 aromatic rings. The molecule has 3 nitrogen and oxygen atoms in total. The molecule has 1 amide bonds. The molecule has 2 fully saturated rings. The Morgan fingerprint density at radius 1 is 1.21 bits per heavy atom. The molecule has 0 radical (unpaired) electrons. The van der Waals surface area contributed by atoms with Gasteiger partial charge in [-0.05, 0) is 45.6 Å². The predicted molar refractivity (Wildman–Crippen MR) is 56.1 cm³/mol. The fraction of sp³-hybridized carbons (Fsp3) is 0.909. The first-order valence-electron chi connectivity index (χ1n) is 5.77. The maximum absolute atomic E-state index is 12.2. The molecule has 0 saturated carbocycles. The third-order valence-electron chi connectivity index (χ3n) is 3.48. The third kappa shape index (κ3) is 1.78. The van der Waals surface area contributed by atoms with Gasteiger partial charge in [0.2, 0.25) is 5.91 Å². The largest absolute Gasteiger partial charge is 0.341 e. The minimum Gasteiger partial charge on any atom is -0.341 e. The van der Waals surface area contributed by atoms with Gasteiger partial charge in [0.25, 0.3) is 0 Å². The first-order chi connectivity index (χ1) is 6.72. The van der Waals surface area contributed by atoms with Gasteiger partial charge in [0.05, 0.1) is 5.54 Å². The second-order valence-electron chi connectivity index (χ2n) is 4.72. The maximum atomic E-state index is 12.2. The van der Waals surface area contributed by atoms with Crippen LogP contribution in [0.3, 0.4) is 0 Å². The lowest BCUT2D eigenvalue weighted by Gasteiger charge is -2.34. The maximum Gasteiger partial charge on any atom is 0.242 e.